The zero-order valence-electron chi connectivity index (χ0n) is 20.2. The summed E-state index contributed by atoms with van der Waals surface area (Å²) in [6, 6.07) is 7.81. The molecule has 7 heteroatoms. The van der Waals surface area contributed by atoms with Crippen molar-refractivity contribution in [2.75, 3.05) is 33.4 Å². The van der Waals surface area contributed by atoms with Gasteiger partial charge in [0.2, 0.25) is 0 Å². The maximum Gasteiger partial charge on any atom is 0.258 e. The van der Waals surface area contributed by atoms with Crippen LogP contribution in [0.5, 0.6) is 5.75 Å². The van der Waals surface area contributed by atoms with Gasteiger partial charge in [-0.1, -0.05) is 18.2 Å². The summed E-state index contributed by atoms with van der Waals surface area (Å²) in [7, 11) is 1.97. The topological polar surface area (TPSA) is 88.7 Å². The molecule has 7 nitrogen and oxygen atoms in total. The van der Waals surface area contributed by atoms with Gasteiger partial charge in [-0.25, -0.2) is 0 Å². The van der Waals surface area contributed by atoms with Crippen molar-refractivity contribution < 1.29 is 19.2 Å². The normalized spacial score (nSPS) is 17.1. The number of carbonyl (C=O) groups is 1. The van der Waals surface area contributed by atoms with Crippen LogP contribution in [-0.2, 0) is 4.79 Å². The van der Waals surface area contributed by atoms with Crippen molar-refractivity contribution in [3.8, 4) is 17.2 Å². The average Bonchev–Trinajstić information content (AvgIpc) is 3.56. The molecule has 0 radical (unpaired) electrons. The lowest BCUT2D eigenvalue weighted by atomic mass is 9.80. The smallest absolute Gasteiger partial charge is 0.258 e. The van der Waals surface area contributed by atoms with Gasteiger partial charge in [0, 0.05) is 36.6 Å². The quantitative estimate of drug-likeness (QED) is 0.435. The average molecular weight is 466 g/mol. The summed E-state index contributed by atoms with van der Waals surface area (Å²) < 4.78 is 11.5. The standard InChI is InChI=1S/C27H35N3O4/c1-3-23-24(21(13-15-31)17-30(2)14-16-32)5-4-6-25(23)26-28-27(34-29-26)20-9-11-22(12-10-20)33-18-19-7-8-19/h5,9-12,15,19,21,32H,3-4,6-8,13-14,16-18H2,1-2H3. The minimum atomic E-state index is 0.0776. The molecule has 0 amide bonds. The van der Waals surface area contributed by atoms with E-state index in [4.69, 9.17) is 14.2 Å². The number of likely N-dealkylation sites (N-methyl/N-ethyl adjacent to an activating group) is 1. The van der Waals surface area contributed by atoms with Gasteiger partial charge in [-0.05, 0) is 80.5 Å². The Morgan fingerprint density at radius 1 is 1.29 bits per heavy atom. The SMILES string of the molecule is CCC1=C(c2noc(-c3ccc(OCC4CC4)cc3)n2)CCC=C1C(CC=O)CN(C)CCO. The molecule has 1 fully saturated rings. The third-order valence-corrected chi connectivity index (χ3v) is 6.64. The van der Waals surface area contributed by atoms with Gasteiger partial charge in [0.1, 0.15) is 12.0 Å². The van der Waals surface area contributed by atoms with E-state index in [1.54, 1.807) is 0 Å². The number of aliphatic hydroxyl groups excluding tert-OH is 1. The first-order valence-electron chi connectivity index (χ1n) is 12.4. The van der Waals surface area contributed by atoms with E-state index in [0.717, 1.165) is 55.0 Å². The van der Waals surface area contributed by atoms with E-state index < -0.39 is 0 Å². The minimum Gasteiger partial charge on any atom is -0.493 e. The number of carbonyl (C=O) groups excluding carboxylic acids is 1. The van der Waals surface area contributed by atoms with Crippen molar-refractivity contribution in [3.63, 3.8) is 0 Å². The summed E-state index contributed by atoms with van der Waals surface area (Å²) in [6.07, 6.45) is 8.79. The van der Waals surface area contributed by atoms with Crippen molar-refractivity contribution in [2.45, 2.75) is 45.4 Å². The van der Waals surface area contributed by atoms with E-state index in [1.165, 1.54) is 24.0 Å². The summed E-state index contributed by atoms with van der Waals surface area (Å²) in [5.41, 5.74) is 4.36. The molecule has 4 rings (SSSR count). The zero-order valence-corrected chi connectivity index (χ0v) is 20.2. The molecule has 1 heterocycles. The van der Waals surface area contributed by atoms with E-state index >= 15 is 0 Å². The van der Waals surface area contributed by atoms with Crippen LogP contribution in [0.25, 0.3) is 17.0 Å². The maximum atomic E-state index is 11.4. The molecule has 2 aromatic rings. The second-order valence-electron chi connectivity index (χ2n) is 9.30. The fraction of sp³-hybridized carbons (Fsp3) is 0.519. The maximum absolute atomic E-state index is 11.4. The number of benzene rings is 1. The second kappa shape index (κ2) is 11.6. The van der Waals surface area contributed by atoms with Crippen LogP contribution in [0.2, 0.25) is 0 Å². The van der Waals surface area contributed by atoms with Crippen molar-refractivity contribution >= 4 is 11.9 Å². The van der Waals surface area contributed by atoms with Gasteiger partial charge in [0.25, 0.3) is 5.89 Å². The molecular weight excluding hydrogens is 430 g/mol. The number of aromatic nitrogens is 2. The first-order chi connectivity index (χ1) is 16.6. The van der Waals surface area contributed by atoms with Crippen LogP contribution in [0.1, 0.15) is 51.3 Å². The number of rotatable bonds is 13. The lowest BCUT2D eigenvalue weighted by Crippen LogP contribution is -2.30. The summed E-state index contributed by atoms with van der Waals surface area (Å²) in [5.74, 6) is 2.78. The highest BCUT2D eigenvalue weighted by Crippen LogP contribution is 2.38. The number of ether oxygens (including phenoxy) is 1. The summed E-state index contributed by atoms with van der Waals surface area (Å²) >= 11 is 0. The van der Waals surface area contributed by atoms with Gasteiger partial charge >= 0.3 is 0 Å². The van der Waals surface area contributed by atoms with Gasteiger partial charge in [-0.15, -0.1) is 0 Å². The molecule has 1 aromatic carbocycles. The predicted octanol–water partition coefficient (Wildman–Crippen LogP) is 4.54. The Bertz CT molecular complexity index is 1020. The Balaban J connectivity index is 1.53. The van der Waals surface area contributed by atoms with Crippen molar-refractivity contribution in [1.82, 2.24) is 15.0 Å². The number of allylic oxidation sites excluding steroid dienone is 3. The Kier molecular flexibility index (Phi) is 8.29. The fourth-order valence-corrected chi connectivity index (χ4v) is 4.61. The Hall–Kier alpha value is -2.77. The highest BCUT2D eigenvalue weighted by molar-refractivity contribution is 5.71. The number of aliphatic hydroxyl groups is 1. The molecule has 0 spiro atoms. The minimum absolute atomic E-state index is 0.0776. The van der Waals surface area contributed by atoms with Crippen LogP contribution in [-0.4, -0.2) is 59.8 Å². The van der Waals surface area contributed by atoms with Crippen LogP contribution in [0, 0.1) is 11.8 Å². The van der Waals surface area contributed by atoms with E-state index in [-0.39, 0.29) is 12.5 Å². The molecule has 0 bridgehead atoms. The highest BCUT2D eigenvalue weighted by atomic mass is 16.5. The molecule has 1 aromatic heterocycles. The Morgan fingerprint density at radius 3 is 2.76 bits per heavy atom. The van der Waals surface area contributed by atoms with Crippen molar-refractivity contribution in [2.24, 2.45) is 11.8 Å². The zero-order chi connectivity index (χ0) is 23.9. The molecule has 2 aliphatic carbocycles. The molecule has 1 N–H and O–H groups in total. The number of nitrogens with zero attached hydrogens (tertiary/aromatic N) is 3. The van der Waals surface area contributed by atoms with Crippen molar-refractivity contribution in [3.05, 3.63) is 47.3 Å². The highest BCUT2D eigenvalue weighted by Gasteiger charge is 2.26. The van der Waals surface area contributed by atoms with Crippen LogP contribution >= 0.6 is 0 Å². The molecule has 0 aliphatic heterocycles. The number of hydrogen-bond donors (Lipinski definition) is 1. The summed E-state index contributed by atoms with van der Waals surface area (Å²) in [5, 5.41) is 13.6. The summed E-state index contributed by atoms with van der Waals surface area (Å²) in [4.78, 5) is 18.2. The van der Waals surface area contributed by atoms with Gasteiger partial charge in [-0.3, -0.25) is 0 Å². The molecule has 34 heavy (non-hydrogen) atoms. The van der Waals surface area contributed by atoms with E-state index in [1.807, 2.05) is 31.3 Å². The van der Waals surface area contributed by atoms with Crippen LogP contribution in [0.3, 0.4) is 0 Å². The third kappa shape index (κ3) is 6.02. The monoisotopic (exact) mass is 465 g/mol. The van der Waals surface area contributed by atoms with Crippen LogP contribution in [0.15, 0.2) is 46.0 Å². The number of aldehydes is 1. The van der Waals surface area contributed by atoms with Crippen LogP contribution < -0.4 is 4.74 Å². The third-order valence-electron chi connectivity index (χ3n) is 6.64. The second-order valence-corrected chi connectivity index (χ2v) is 9.30. The van der Waals surface area contributed by atoms with Crippen LogP contribution in [0.4, 0.5) is 0 Å². The van der Waals surface area contributed by atoms with E-state index in [2.05, 4.69) is 23.1 Å². The summed E-state index contributed by atoms with van der Waals surface area (Å²) in [6.45, 7) is 4.32. The molecule has 182 valence electrons. The van der Waals surface area contributed by atoms with E-state index in [0.29, 0.717) is 31.2 Å². The fourth-order valence-electron chi connectivity index (χ4n) is 4.61. The van der Waals surface area contributed by atoms with Crippen molar-refractivity contribution in [1.29, 1.82) is 0 Å². The van der Waals surface area contributed by atoms with Gasteiger partial charge in [0.15, 0.2) is 5.82 Å². The predicted molar refractivity (Wildman–Crippen MR) is 131 cm³/mol. The Labute approximate surface area is 201 Å². The molecule has 1 unspecified atom stereocenters. The first-order valence-corrected chi connectivity index (χ1v) is 12.4. The molecule has 1 atom stereocenters. The molecule has 2 aliphatic rings. The van der Waals surface area contributed by atoms with Gasteiger partial charge < -0.3 is 24.1 Å². The van der Waals surface area contributed by atoms with Gasteiger partial charge in [0.05, 0.1) is 13.2 Å². The molecular formula is C27H35N3O4. The lowest BCUT2D eigenvalue weighted by Gasteiger charge is -2.29. The number of hydrogen-bond acceptors (Lipinski definition) is 7. The lowest BCUT2D eigenvalue weighted by molar-refractivity contribution is -0.108. The first kappa shape index (κ1) is 24.4. The Morgan fingerprint density at radius 2 is 2.09 bits per heavy atom. The van der Waals surface area contributed by atoms with E-state index in [9.17, 15) is 9.90 Å². The van der Waals surface area contributed by atoms with Gasteiger partial charge in [-0.2, -0.15) is 4.98 Å². The molecule has 0 saturated heterocycles. The largest absolute Gasteiger partial charge is 0.493 e. The molecule has 1 saturated carbocycles.